The molecule has 1 aliphatic carbocycles. The molecule has 0 N–H and O–H groups in total. The number of hydrogen-bond donors (Lipinski definition) is 0. The molecule has 0 atom stereocenters. The van der Waals surface area contributed by atoms with Crippen molar-refractivity contribution in [3.05, 3.63) is 23.1 Å². The summed E-state index contributed by atoms with van der Waals surface area (Å²) in [6, 6.07) is 1.49. The highest BCUT2D eigenvalue weighted by atomic mass is 35.5. The topological polar surface area (TPSA) is 30.7 Å². The van der Waals surface area contributed by atoms with Crippen molar-refractivity contribution in [2.24, 2.45) is 0 Å². The van der Waals surface area contributed by atoms with E-state index >= 15 is 0 Å². The van der Waals surface area contributed by atoms with Gasteiger partial charge < -0.3 is 0 Å². The van der Waals surface area contributed by atoms with E-state index in [1.54, 1.807) is 0 Å². The van der Waals surface area contributed by atoms with Crippen molar-refractivity contribution in [1.29, 1.82) is 0 Å². The van der Waals surface area contributed by atoms with Gasteiger partial charge in [-0.3, -0.25) is 4.57 Å². The highest BCUT2D eigenvalue weighted by Gasteiger charge is 2.66. The van der Waals surface area contributed by atoms with E-state index in [2.05, 4.69) is 9.97 Å². The molecule has 3 rings (SSSR count). The standard InChI is InChI=1S/C11H8Cl2F3N3/c12-4-8-18-7-3-6(13)5-17-9(7)19(8)10(1-2-10)11(14,15)16/h3,5H,1-2,4H2. The third-order valence-electron chi connectivity index (χ3n) is 3.33. The van der Waals surface area contributed by atoms with Gasteiger partial charge in [0.25, 0.3) is 0 Å². The molecule has 0 unspecified atom stereocenters. The smallest absolute Gasteiger partial charge is 0.296 e. The predicted molar refractivity (Wildman–Crippen MR) is 65.4 cm³/mol. The van der Waals surface area contributed by atoms with Gasteiger partial charge in [0.2, 0.25) is 0 Å². The molecular formula is C11H8Cl2F3N3. The summed E-state index contributed by atoms with van der Waals surface area (Å²) in [5.41, 5.74) is -1.40. The lowest BCUT2D eigenvalue weighted by Crippen LogP contribution is -2.36. The van der Waals surface area contributed by atoms with E-state index < -0.39 is 11.7 Å². The summed E-state index contributed by atoms with van der Waals surface area (Å²) in [4.78, 5) is 8.07. The number of hydrogen-bond acceptors (Lipinski definition) is 2. The number of imidazole rings is 1. The number of pyridine rings is 1. The zero-order valence-electron chi connectivity index (χ0n) is 9.51. The number of halogens is 5. The van der Waals surface area contributed by atoms with E-state index in [4.69, 9.17) is 23.2 Å². The second kappa shape index (κ2) is 3.99. The first-order valence-electron chi connectivity index (χ1n) is 5.55. The van der Waals surface area contributed by atoms with Gasteiger partial charge in [0.1, 0.15) is 16.9 Å². The van der Waals surface area contributed by atoms with Crippen LogP contribution in [0.3, 0.4) is 0 Å². The second-order valence-electron chi connectivity index (χ2n) is 4.52. The van der Waals surface area contributed by atoms with Crippen LogP contribution in [0.5, 0.6) is 0 Å². The summed E-state index contributed by atoms with van der Waals surface area (Å²) >= 11 is 11.5. The van der Waals surface area contributed by atoms with Crippen LogP contribution in [0.2, 0.25) is 5.02 Å². The maximum absolute atomic E-state index is 13.2. The molecule has 0 aliphatic heterocycles. The first-order valence-corrected chi connectivity index (χ1v) is 6.46. The Morgan fingerprint density at radius 1 is 1.37 bits per heavy atom. The summed E-state index contributed by atoms with van der Waals surface area (Å²) in [6.07, 6.45) is -2.98. The Labute approximate surface area is 116 Å². The molecule has 0 amide bonds. The van der Waals surface area contributed by atoms with Crippen LogP contribution >= 0.6 is 23.2 Å². The van der Waals surface area contributed by atoms with Crippen LogP contribution < -0.4 is 0 Å². The lowest BCUT2D eigenvalue weighted by atomic mass is 10.2. The van der Waals surface area contributed by atoms with Crippen LogP contribution in [0.15, 0.2) is 12.3 Å². The molecule has 1 aliphatic rings. The molecular weight excluding hydrogens is 302 g/mol. The molecule has 1 saturated carbocycles. The van der Waals surface area contributed by atoms with E-state index in [-0.39, 0.29) is 30.2 Å². The fourth-order valence-electron chi connectivity index (χ4n) is 2.28. The van der Waals surface area contributed by atoms with Crippen LogP contribution in [0.4, 0.5) is 13.2 Å². The van der Waals surface area contributed by atoms with Crippen LogP contribution in [0.25, 0.3) is 11.2 Å². The largest absolute Gasteiger partial charge is 0.412 e. The molecule has 0 aromatic carbocycles. The van der Waals surface area contributed by atoms with Gasteiger partial charge in [0.05, 0.1) is 10.9 Å². The SMILES string of the molecule is FC(F)(F)C1(n2c(CCl)nc3cc(Cl)cnc32)CC1. The van der Waals surface area contributed by atoms with E-state index in [0.29, 0.717) is 10.5 Å². The molecule has 102 valence electrons. The number of fused-ring (bicyclic) bond motifs is 1. The van der Waals surface area contributed by atoms with Crippen LogP contribution in [-0.2, 0) is 11.4 Å². The van der Waals surface area contributed by atoms with E-state index in [1.165, 1.54) is 12.3 Å². The fourth-order valence-corrected chi connectivity index (χ4v) is 2.61. The molecule has 0 radical (unpaired) electrons. The summed E-state index contributed by atoms with van der Waals surface area (Å²) in [7, 11) is 0. The third-order valence-corrected chi connectivity index (χ3v) is 3.78. The number of nitrogens with zero attached hydrogens (tertiary/aromatic N) is 3. The van der Waals surface area contributed by atoms with Crippen molar-refractivity contribution >= 4 is 34.4 Å². The minimum atomic E-state index is -4.34. The molecule has 2 aromatic rings. The maximum atomic E-state index is 13.2. The van der Waals surface area contributed by atoms with Crippen LogP contribution in [0.1, 0.15) is 18.7 Å². The Balaban J connectivity index is 2.28. The molecule has 2 heterocycles. The summed E-state index contributed by atoms with van der Waals surface area (Å²) in [5, 5.41) is 0.329. The number of rotatable bonds is 2. The predicted octanol–water partition coefficient (Wildman–Crippen LogP) is 3.87. The second-order valence-corrected chi connectivity index (χ2v) is 5.23. The van der Waals surface area contributed by atoms with Gasteiger partial charge in [-0.1, -0.05) is 11.6 Å². The lowest BCUT2D eigenvalue weighted by Gasteiger charge is -2.22. The number of aromatic nitrogens is 3. The Kier molecular flexibility index (Phi) is 2.73. The maximum Gasteiger partial charge on any atom is 0.412 e. The molecule has 1 fully saturated rings. The molecule has 3 nitrogen and oxygen atoms in total. The van der Waals surface area contributed by atoms with Gasteiger partial charge in [0, 0.05) is 6.20 Å². The molecule has 8 heteroatoms. The molecule has 0 saturated heterocycles. The third kappa shape index (κ3) is 1.80. The Morgan fingerprint density at radius 3 is 2.58 bits per heavy atom. The van der Waals surface area contributed by atoms with E-state index in [9.17, 15) is 13.2 Å². The highest BCUT2D eigenvalue weighted by molar-refractivity contribution is 6.31. The van der Waals surface area contributed by atoms with Gasteiger partial charge in [-0.25, -0.2) is 9.97 Å². The monoisotopic (exact) mass is 309 g/mol. The molecule has 0 bridgehead atoms. The number of alkyl halides is 4. The van der Waals surface area contributed by atoms with Crippen LogP contribution in [-0.4, -0.2) is 20.7 Å². The molecule has 0 spiro atoms. The van der Waals surface area contributed by atoms with Gasteiger partial charge in [-0.2, -0.15) is 13.2 Å². The van der Waals surface area contributed by atoms with Crippen molar-refractivity contribution in [2.45, 2.75) is 30.4 Å². The Hall–Kier alpha value is -1.01. The van der Waals surface area contributed by atoms with Crippen molar-refractivity contribution in [3.63, 3.8) is 0 Å². The minimum Gasteiger partial charge on any atom is -0.296 e. The molecule has 2 aromatic heterocycles. The van der Waals surface area contributed by atoms with Crippen molar-refractivity contribution in [2.75, 3.05) is 0 Å². The van der Waals surface area contributed by atoms with Crippen molar-refractivity contribution in [1.82, 2.24) is 14.5 Å². The van der Waals surface area contributed by atoms with E-state index in [1.807, 2.05) is 0 Å². The molecule has 19 heavy (non-hydrogen) atoms. The Morgan fingerprint density at radius 2 is 2.05 bits per heavy atom. The Bertz CT molecular complexity index is 646. The highest BCUT2D eigenvalue weighted by Crippen LogP contribution is 2.56. The lowest BCUT2D eigenvalue weighted by molar-refractivity contribution is -0.179. The van der Waals surface area contributed by atoms with Gasteiger partial charge in [-0.15, -0.1) is 11.6 Å². The first-order chi connectivity index (χ1) is 8.89. The zero-order valence-corrected chi connectivity index (χ0v) is 11.0. The summed E-state index contributed by atoms with van der Waals surface area (Å²) in [6.45, 7) is 0. The minimum absolute atomic E-state index is 0.0240. The normalized spacial score (nSPS) is 17.9. The van der Waals surface area contributed by atoms with Gasteiger partial charge in [-0.05, 0) is 18.9 Å². The average molecular weight is 310 g/mol. The summed E-state index contributed by atoms with van der Waals surface area (Å²) < 4.78 is 40.8. The van der Waals surface area contributed by atoms with Crippen LogP contribution in [0, 0.1) is 0 Å². The van der Waals surface area contributed by atoms with Gasteiger partial charge in [0.15, 0.2) is 5.65 Å². The quantitative estimate of drug-likeness (QED) is 0.788. The van der Waals surface area contributed by atoms with Gasteiger partial charge >= 0.3 is 6.18 Å². The zero-order chi connectivity index (χ0) is 13.8. The van der Waals surface area contributed by atoms with Crippen molar-refractivity contribution < 1.29 is 13.2 Å². The van der Waals surface area contributed by atoms with Crippen molar-refractivity contribution in [3.8, 4) is 0 Å². The first kappa shape index (κ1) is 13.0. The fraction of sp³-hybridized carbons (Fsp3) is 0.455. The summed E-state index contributed by atoms with van der Waals surface area (Å²) in [5.74, 6) is 0.0625. The average Bonchev–Trinajstić information content (AvgIpc) is 3.05. The van der Waals surface area contributed by atoms with E-state index in [0.717, 1.165) is 4.57 Å².